The summed E-state index contributed by atoms with van der Waals surface area (Å²) in [5.74, 6) is 3.78. The minimum absolute atomic E-state index is 0. The quantitative estimate of drug-likeness (QED) is 0.252. The summed E-state index contributed by atoms with van der Waals surface area (Å²) in [5, 5.41) is 6.50. The number of methoxy groups -OCH3 is 1. The van der Waals surface area contributed by atoms with E-state index in [2.05, 4.69) is 15.6 Å². The summed E-state index contributed by atoms with van der Waals surface area (Å²) in [6.45, 7) is 4.71. The fourth-order valence-corrected chi connectivity index (χ4v) is 2.64. The molecule has 2 N–H and O–H groups in total. The fraction of sp³-hybridized carbons (Fsp3) is 0.350. The summed E-state index contributed by atoms with van der Waals surface area (Å²) in [6, 6.07) is 13.4. The SMILES string of the molecule is CCNC(=NCc1ccccc1OC)NCCOc1ccc2c(c1)OCO2.I. The molecule has 0 saturated heterocycles. The van der Waals surface area contributed by atoms with Gasteiger partial charge in [0.1, 0.15) is 18.1 Å². The summed E-state index contributed by atoms with van der Waals surface area (Å²) >= 11 is 0. The molecule has 0 radical (unpaired) electrons. The predicted molar refractivity (Wildman–Crippen MR) is 119 cm³/mol. The fourth-order valence-electron chi connectivity index (χ4n) is 2.64. The average Bonchev–Trinajstić information content (AvgIpc) is 3.17. The molecule has 28 heavy (non-hydrogen) atoms. The van der Waals surface area contributed by atoms with Crippen molar-refractivity contribution in [2.24, 2.45) is 4.99 Å². The molecule has 7 nitrogen and oxygen atoms in total. The Balaban J connectivity index is 0.00000280. The number of guanidine groups is 1. The lowest BCUT2D eigenvalue weighted by molar-refractivity contribution is 0.173. The van der Waals surface area contributed by atoms with Crippen molar-refractivity contribution in [3.8, 4) is 23.0 Å². The number of nitrogens with zero attached hydrogens (tertiary/aromatic N) is 1. The van der Waals surface area contributed by atoms with E-state index >= 15 is 0 Å². The molecule has 0 atom stereocenters. The lowest BCUT2D eigenvalue weighted by Gasteiger charge is -2.13. The molecule has 8 heteroatoms. The number of halogens is 1. The van der Waals surface area contributed by atoms with Crippen molar-refractivity contribution in [2.75, 3.05) is 33.6 Å². The van der Waals surface area contributed by atoms with Crippen molar-refractivity contribution in [3.05, 3.63) is 48.0 Å². The summed E-state index contributed by atoms with van der Waals surface area (Å²) in [5.41, 5.74) is 1.04. The first kappa shape index (κ1) is 21.9. The van der Waals surface area contributed by atoms with Crippen LogP contribution < -0.4 is 29.6 Å². The van der Waals surface area contributed by atoms with Crippen molar-refractivity contribution >= 4 is 29.9 Å². The Bertz CT molecular complexity index is 786. The third-order valence-corrected chi connectivity index (χ3v) is 3.95. The maximum Gasteiger partial charge on any atom is 0.231 e. The Morgan fingerprint density at radius 2 is 1.93 bits per heavy atom. The summed E-state index contributed by atoms with van der Waals surface area (Å²) < 4.78 is 21.8. The van der Waals surface area contributed by atoms with Gasteiger partial charge in [-0.2, -0.15) is 0 Å². The van der Waals surface area contributed by atoms with Crippen LogP contribution in [0.3, 0.4) is 0 Å². The molecule has 0 bridgehead atoms. The maximum atomic E-state index is 5.76. The van der Waals surface area contributed by atoms with Gasteiger partial charge in [-0.25, -0.2) is 4.99 Å². The molecule has 0 aromatic heterocycles. The average molecular weight is 499 g/mol. The Kier molecular flexibility index (Phi) is 8.99. The number of hydrogen-bond donors (Lipinski definition) is 2. The number of benzene rings is 2. The summed E-state index contributed by atoms with van der Waals surface area (Å²) in [6.07, 6.45) is 0. The van der Waals surface area contributed by atoms with Crippen molar-refractivity contribution < 1.29 is 18.9 Å². The molecule has 0 aliphatic carbocycles. The number of hydrogen-bond acceptors (Lipinski definition) is 5. The van der Waals surface area contributed by atoms with E-state index in [4.69, 9.17) is 18.9 Å². The largest absolute Gasteiger partial charge is 0.496 e. The maximum absolute atomic E-state index is 5.76. The molecule has 2 aromatic rings. The normalized spacial score (nSPS) is 12.1. The summed E-state index contributed by atoms with van der Waals surface area (Å²) in [7, 11) is 1.67. The van der Waals surface area contributed by atoms with Crippen LogP contribution >= 0.6 is 24.0 Å². The van der Waals surface area contributed by atoms with Gasteiger partial charge >= 0.3 is 0 Å². The highest BCUT2D eigenvalue weighted by Crippen LogP contribution is 2.34. The van der Waals surface area contributed by atoms with Crippen LogP contribution in [0, 0.1) is 0 Å². The molecule has 0 spiro atoms. The van der Waals surface area contributed by atoms with Gasteiger partial charge in [-0.3, -0.25) is 0 Å². The number of rotatable bonds is 8. The third kappa shape index (κ3) is 6.08. The van der Waals surface area contributed by atoms with Gasteiger partial charge in [0, 0.05) is 18.2 Å². The predicted octanol–water partition coefficient (Wildman–Crippen LogP) is 3.18. The van der Waals surface area contributed by atoms with Gasteiger partial charge < -0.3 is 29.6 Å². The minimum atomic E-state index is 0. The molecule has 3 rings (SSSR count). The van der Waals surface area contributed by atoms with Crippen molar-refractivity contribution in [1.82, 2.24) is 10.6 Å². The molecule has 1 heterocycles. The first-order valence-corrected chi connectivity index (χ1v) is 8.96. The number of nitrogens with one attached hydrogen (secondary N) is 2. The van der Waals surface area contributed by atoms with E-state index in [1.807, 2.05) is 49.4 Å². The van der Waals surface area contributed by atoms with E-state index in [0.29, 0.717) is 25.4 Å². The van der Waals surface area contributed by atoms with Crippen LogP contribution in [0.15, 0.2) is 47.5 Å². The van der Waals surface area contributed by atoms with Crippen molar-refractivity contribution in [3.63, 3.8) is 0 Å². The van der Waals surface area contributed by atoms with Gasteiger partial charge in [-0.15, -0.1) is 24.0 Å². The molecule has 0 fully saturated rings. The Hall–Kier alpha value is -2.36. The van der Waals surface area contributed by atoms with E-state index in [9.17, 15) is 0 Å². The molecule has 1 aliphatic rings. The van der Waals surface area contributed by atoms with Crippen LogP contribution in [0.5, 0.6) is 23.0 Å². The Morgan fingerprint density at radius 3 is 2.75 bits per heavy atom. The van der Waals surface area contributed by atoms with Crippen molar-refractivity contribution in [2.45, 2.75) is 13.5 Å². The molecule has 152 valence electrons. The van der Waals surface area contributed by atoms with Crippen LogP contribution in [-0.2, 0) is 6.54 Å². The van der Waals surface area contributed by atoms with Crippen LogP contribution in [0.4, 0.5) is 0 Å². The van der Waals surface area contributed by atoms with Crippen molar-refractivity contribution in [1.29, 1.82) is 0 Å². The van der Waals surface area contributed by atoms with Gasteiger partial charge in [0.15, 0.2) is 17.5 Å². The molecule has 0 amide bonds. The van der Waals surface area contributed by atoms with Gasteiger partial charge in [-0.1, -0.05) is 18.2 Å². The molecule has 0 saturated carbocycles. The first-order chi connectivity index (χ1) is 13.3. The number of aliphatic imine (C=N–C) groups is 1. The lowest BCUT2D eigenvalue weighted by atomic mass is 10.2. The highest BCUT2D eigenvalue weighted by molar-refractivity contribution is 14.0. The number of ether oxygens (including phenoxy) is 4. The molecule has 2 aromatic carbocycles. The van der Waals surface area contributed by atoms with E-state index in [1.165, 1.54) is 0 Å². The summed E-state index contributed by atoms with van der Waals surface area (Å²) in [4.78, 5) is 4.61. The van der Waals surface area contributed by atoms with E-state index in [1.54, 1.807) is 7.11 Å². The van der Waals surface area contributed by atoms with Crippen LogP contribution in [0.25, 0.3) is 0 Å². The molecule has 1 aliphatic heterocycles. The van der Waals surface area contributed by atoms with E-state index in [-0.39, 0.29) is 30.8 Å². The monoisotopic (exact) mass is 499 g/mol. The highest BCUT2D eigenvalue weighted by Gasteiger charge is 2.13. The Labute approximate surface area is 182 Å². The third-order valence-electron chi connectivity index (χ3n) is 3.95. The smallest absolute Gasteiger partial charge is 0.231 e. The zero-order valence-electron chi connectivity index (χ0n) is 16.1. The number of fused-ring (bicyclic) bond motifs is 1. The lowest BCUT2D eigenvalue weighted by Crippen LogP contribution is -2.39. The standard InChI is InChI=1S/C20H25N3O4.HI/c1-3-21-20(23-13-15-6-4-5-7-17(15)24-2)22-10-11-25-16-8-9-18-19(12-16)27-14-26-18;/h4-9,12H,3,10-11,13-14H2,1-2H3,(H2,21,22,23);1H. The zero-order valence-corrected chi connectivity index (χ0v) is 18.4. The van der Waals surface area contributed by atoms with Gasteiger partial charge in [0.05, 0.1) is 20.2 Å². The molecular formula is C20H26IN3O4. The second-order valence-electron chi connectivity index (χ2n) is 5.80. The van der Waals surface area contributed by atoms with Crippen LogP contribution in [0.2, 0.25) is 0 Å². The van der Waals surface area contributed by atoms with E-state index in [0.717, 1.165) is 35.3 Å². The minimum Gasteiger partial charge on any atom is -0.496 e. The number of para-hydroxylation sites is 1. The topological polar surface area (TPSA) is 73.3 Å². The van der Waals surface area contributed by atoms with Gasteiger partial charge in [0.25, 0.3) is 0 Å². The van der Waals surface area contributed by atoms with Gasteiger partial charge in [0.2, 0.25) is 6.79 Å². The van der Waals surface area contributed by atoms with E-state index < -0.39 is 0 Å². The second kappa shape index (κ2) is 11.5. The van der Waals surface area contributed by atoms with Crippen LogP contribution in [-0.4, -0.2) is 39.6 Å². The molecule has 0 unspecified atom stereocenters. The highest BCUT2D eigenvalue weighted by atomic mass is 127. The second-order valence-corrected chi connectivity index (χ2v) is 5.80. The molecular weight excluding hydrogens is 473 g/mol. The van der Waals surface area contributed by atoms with Gasteiger partial charge in [-0.05, 0) is 25.1 Å². The zero-order chi connectivity index (χ0) is 18.9. The first-order valence-electron chi connectivity index (χ1n) is 8.96. The van der Waals surface area contributed by atoms with Crippen LogP contribution in [0.1, 0.15) is 12.5 Å². The Morgan fingerprint density at radius 1 is 1.11 bits per heavy atom.